The molecule has 12 nitrogen and oxygen atoms in total. The third-order valence-corrected chi connectivity index (χ3v) is 8.24. The van der Waals surface area contributed by atoms with Crippen molar-refractivity contribution in [2.45, 2.75) is 26.2 Å². The maximum absolute atomic E-state index is 13.4. The van der Waals surface area contributed by atoms with Crippen LogP contribution >= 0.6 is 17.8 Å². The number of nitrogens with zero attached hydrogens (tertiary/aromatic N) is 7. The van der Waals surface area contributed by atoms with Gasteiger partial charge >= 0.3 is 49.1 Å². The number of benzene rings is 4. The Hall–Kier alpha value is -5.60. The van der Waals surface area contributed by atoms with Crippen molar-refractivity contribution in [2.24, 2.45) is 0 Å². The fourth-order valence-corrected chi connectivity index (χ4v) is 5.66. The van der Waals surface area contributed by atoms with Gasteiger partial charge in [-0.2, -0.15) is 26.3 Å². The minimum absolute atomic E-state index is 0.138. The van der Waals surface area contributed by atoms with Crippen molar-refractivity contribution >= 4 is 70.2 Å². The Balaban J connectivity index is 0.000000181. The molecule has 4 heterocycles. The molecule has 8 aromatic rings. The normalized spacial score (nSPS) is 11.6. The molecule has 0 fully saturated rings. The summed E-state index contributed by atoms with van der Waals surface area (Å²) in [5.74, 6) is 0.523. The molecule has 0 atom stereocenters. The van der Waals surface area contributed by atoms with E-state index in [1.54, 1.807) is 61.1 Å². The second-order valence-corrected chi connectivity index (χ2v) is 16.6. The Morgan fingerprint density at radius 1 is 0.702 bits per heavy atom. The first-order chi connectivity index (χ1) is 26.9. The number of nitrogens with two attached hydrogens (primary N) is 1. The van der Waals surface area contributed by atoms with E-state index in [-0.39, 0.29) is 22.8 Å². The Kier molecular flexibility index (Phi) is 11.9. The summed E-state index contributed by atoms with van der Waals surface area (Å²) >= 11 is -0.826. The topological polar surface area (TPSA) is 162 Å². The van der Waals surface area contributed by atoms with E-state index in [1.165, 1.54) is 35.4 Å². The van der Waals surface area contributed by atoms with Crippen LogP contribution in [0.25, 0.3) is 56.2 Å². The molecule has 0 bridgehead atoms. The molecule has 0 unspecified atom stereocenters. The number of non-ortho nitro benzene ring substituents is 1. The van der Waals surface area contributed by atoms with Gasteiger partial charge in [0.2, 0.25) is 0 Å². The van der Waals surface area contributed by atoms with E-state index in [4.69, 9.17) is 23.6 Å². The Morgan fingerprint density at radius 2 is 1.14 bits per heavy atom. The van der Waals surface area contributed by atoms with Crippen LogP contribution in [0, 0.1) is 24.0 Å². The zero-order valence-electron chi connectivity index (χ0n) is 29.3. The average Bonchev–Trinajstić information content (AvgIpc) is 3.97. The van der Waals surface area contributed by atoms with Gasteiger partial charge in [-0.25, -0.2) is 19.9 Å². The first-order valence-electron chi connectivity index (χ1n) is 16.2. The molecule has 2 radical (unpaired) electrons. The number of aryl methyl sites for hydroxylation is 2. The number of hydrogen-bond donors (Lipinski definition) is 3. The standard InChI is InChI=1S/C18H12F3N5O2.C18H14F3N5.2ClH.Sn/c1-10-8-25(9-22-10)14-5-11(4-12(6-14)18(19,20)21)17-23-15-3-2-13(26(27)28)7-16(15)24-17;1-10-8-26(9-23-10)14-5-11(4-12(6-14)18(19,20)21)17-24-15-3-2-13(22)7-16(15)25-17;;;/h2-9H,1H3,(H,23,24);2-9H,22H2,1H3,(H,24,25);2*1H;/q;;;;+2/p-2. The second kappa shape index (κ2) is 16.5. The third-order valence-electron chi connectivity index (χ3n) is 8.24. The van der Waals surface area contributed by atoms with E-state index in [1.807, 2.05) is 0 Å². The van der Waals surface area contributed by atoms with Crippen molar-refractivity contribution in [3.63, 3.8) is 0 Å². The molecule has 57 heavy (non-hydrogen) atoms. The summed E-state index contributed by atoms with van der Waals surface area (Å²) in [4.78, 5) is 33.0. The summed E-state index contributed by atoms with van der Waals surface area (Å²) in [6, 6.07) is 16.5. The number of hydrogen-bond acceptors (Lipinski definition) is 7. The monoisotopic (exact) mass is 934 g/mol. The van der Waals surface area contributed by atoms with Crippen LogP contribution in [0.2, 0.25) is 0 Å². The van der Waals surface area contributed by atoms with E-state index in [2.05, 4.69) is 29.9 Å². The van der Waals surface area contributed by atoms with E-state index >= 15 is 0 Å². The van der Waals surface area contributed by atoms with Crippen molar-refractivity contribution < 1.29 is 31.3 Å². The molecule has 0 saturated heterocycles. The number of aromatic amines is 2. The number of anilines is 1. The van der Waals surface area contributed by atoms with Gasteiger partial charge < -0.3 is 24.8 Å². The van der Waals surface area contributed by atoms with Crippen molar-refractivity contribution in [1.82, 2.24) is 39.0 Å². The van der Waals surface area contributed by atoms with E-state index in [0.717, 1.165) is 24.3 Å². The number of imidazole rings is 4. The van der Waals surface area contributed by atoms with Crippen LogP contribution in [0.3, 0.4) is 0 Å². The second-order valence-electron chi connectivity index (χ2n) is 12.4. The molecule has 0 amide bonds. The molecule has 292 valence electrons. The van der Waals surface area contributed by atoms with Gasteiger partial charge in [-0.3, -0.25) is 10.1 Å². The van der Waals surface area contributed by atoms with Crippen molar-refractivity contribution in [3.05, 3.63) is 130 Å². The van der Waals surface area contributed by atoms with Crippen LogP contribution < -0.4 is 5.73 Å². The molecule has 21 heteroatoms. The molecule has 4 aromatic carbocycles. The van der Waals surface area contributed by atoms with E-state index in [9.17, 15) is 36.5 Å². The summed E-state index contributed by atoms with van der Waals surface area (Å²) in [6.45, 7) is 3.51. The maximum atomic E-state index is 13.4. The summed E-state index contributed by atoms with van der Waals surface area (Å²) in [6.07, 6.45) is -2.84. The molecule has 0 aliphatic rings. The van der Waals surface area contributed by atoms with Crippen molar-refractivity contribution in [2.75, 3.05) is 5.73 Å². The zero-order valence-corrected chi connectivity index (χ0v) is 33.7. The first kappa shape index (κ1) is 41.0. The van der Waals surface area contributed by atoms with Gasteiger partial charge in [0.25, 0.3) is 5.69 Å². The molecule has 0 aliphatic carbocycles. The fraction of sp³-hybridized carbons (Fsp3) is 0.111. The number of H-pyrrole nitrogens is 2. The molecule has 4 N–H and O–H groups in total. The number of fused-ring (bicyclic) bond motifs is 2. The summed E-state index contributed by atoms with van der Waals surface area (Å²) < 4.78 is 83.3. The average molecular weight is 934 g/mol. The van der Waals surface area contributed by atoms with Gasteiger partial charge in [0, 0.05) is 52.7 Å². The van der Waals surface area contributed by atoms with Crippen LogP contribution in [0.15, 0.2) is 97.8 Å². The molecule has 0 spiro atoms. The van der Waals surface area contributed by atoms with Crippen molar-refractivity contribution in [1.29, 1.82) is 0 Å². The Morgan fingerprint density at radius 3 is 1.54 bits per heavy atom. The van der Waals surface area contributed by atoms with Crippen LogP contribution in [0.1, 0.15) is 22.5 Å². The van der Waals surface area contributed by atoms with Gasteiger partial charge in [0.05, 0.1) is 62.2 Å². The van der Waals surface area contributed by atoms with E-state index < -0.39 is 47.3 Å². The number of alkyl halides is 6. The van der Waals surface area contributed by atoms with Gasteiger partial charge in [0.1, 0.15) is 11.6 Å². The van der Waals surface area contributed by atoms with Gasteiger partial charge in [-0.05, 0) is 74.5 Å². The van der Waals surface area contributed by atoms with E-state index in [0.29, 0.717) is 56.2 Å². The number of nitrogen functional groups attached to an aromatic ring is 1. The van der Waals surface area contributed by atoms with Crippen molar-refractivity contribution in [3.8, 4) is 34.2 Å². The first-order valence-corrected chi connectivity index (χ1v) is 23.5. The van der Waals surface area contributed by atoms with Gasteiger partial charge in [-0.1, -0.05) is 0 Å². The van der Waals surface area contributed by atoms with Gasteiger partial charge in [0.15, 0.2) is 0 Å². The third kappa shape index (κ3) is 9.69. The number of aromatic nitrogens is 8. The minimum atomic E-state index is -4.55. The summed E-state index contributed by atoms with van der Waals surface area (Å²) in [5, 5.41) is 10.9. The number of nitro benzene ring substituents is 1. The SMILES string of the molecule is Cc1cn(-c2cc(-c3nc4ccc(N)cc4[nH]3)cc(C(F)(F)F)c2)cn1.Cc1cn(-c2cc(-c3nc4ccc([N+](=O)[O-])cc4[nH]3)cc(C(F)(F)F)c2)cn1.[Cl][Sn][Cl]. The number of rotatable bonds is 5. The zero-order chi connectivity index (χ0) is 41.2. The molecule has 4 aromatic heterocycles. The predicted molar refractivity (Wildman–Crippen MR) is 205 cm³/mol. The molecular weight excluding hydrogens is 908 g/mol. The molecule has 8 rings (SSSR count). The van der Waals surface area contributed by atoms with Crippen LogP contribution in [0.5, 0.6) is 0 Å². The summed E-state index contributed by atoms with van der Waals surface area (Å²) in [5.41, 5.74) is 9.18. The van der Waals surface area contributed by atoms with Crippen LogP contribution in [-0.2, 0) is 12.4 Å². The number of nitrogens with one attached hydrogen (secondary N) is 2. The quantitative estimate of drug-likeness (QED) is 0.0509. The number of halogens is 8. The molecule has 0 saturated carbocycles. The molecular formula is C36H26Cl2F6N10O2Sn. The molecule has 0 aliphatic heterocycles. The predicted octanol–water partition coefficient (Wildman–Crippen LogP) is 9.97. The van der Waals surface area contributed by atoms with Gasteiger partial charge in [-0.15, -0.1) is 0 Å². The Bertz CT molecular complexity index is 2720. The summed E-state index contributed by atoms with van der Waals surface area (Å²) in [7, 11) is 9.87. The number of nitro groups is 1. The Labute approximate surface area is 335 Å². The van der Waals surface area contributed by atoms with Crippen LogP contribution in [-0.4, -0.2) is 62.9 Å². The van der Waals surface area contributed by atoms with Crippen LogP contribution in [0.4, 0.5) is 37.7 Å². The fourth-order valence-electron chi connectivity index (χ4n) is 5.66.